The predicted octanol–water partition coefficient (Wildman–Crippen LogP) is 4.90. The van der Waals surface area contributed by atoms with Gasteiger partial charge in [-0.1, -0.05) is 36.4 Å². The van der Waals surface area contributed by atoms with Crippen molar-refractivity contribution < 1.29 is 27.9 Å². The van der Waals surface area contributed by atoms with Crippen molar-refractivity contribution in [1.82, 2.24) is 5.32 Å². The molecule has 1 amide bonds. The fourth-order valence-electron chi connectivity index (χ4n) is 3.94. The molecule has 0 spiro atoms. The lowest BCUT2D eigenvalue weighted by Crippen LogP contribution is -2.27. The van der Waals surface area contributed by atoms with Gasteiger partial charge in [-0.05, 0) is 53.4 Å². The van der Waals surface area contributed by atoms with Crippen LogP contribution in [0.5, 0.6) is 0 Å². The number of fused-ring (bicyclic) bond motifs is 1. The van der Waals surface area contributed by atoms with Crippen LogP contribution in [0.3, 0.4) is 0 Å². The summed E-state index contributed by atoms with van der Waals surface area (Å²) >= 11 is 0. The van der Waals surface area contributed by atoms with Gasteiger partial charge in [-0.2, -0.15) is 13.2 Å². The highest BCUT2D eigenvalue weighted by Crippen LogP contribution is 2.34. The Morgan fingerprint density at radius 1 is 0.939 bits per heavy atom. The zero-order valence-corrected chi connectivity index (χ0v) is 17.5. The second kappa shape index (κ2) is 8.97. The van der Waals surface area contributed by atoms with E-state index in [1.807, 2.05) is 17.0 Å². The lowest BCUT2D eigenvalue weighted by molar-refractivity contribution is -0.137. The molecule has 8 heteroatoms. The second-order valence-electron chi connectivity index (χ2n) is 7.86. The molecule has 5 nitrogen and oxygen atoms in total. The van der Waals surface area contributed by atoms with Crippen LogP contribution in [-0.2, 0) is 25.7 Å². The number of halogens is 3. The van der Waals surface area contributed by atoms with Crippen molar-refractivity contribution in [2.75, 3.05) is 11.4 Å². The fourth-order valence-corrected chi connectivity index (χ4v) is 3.94. The van der Waals surface area contributed by atoms with Crippen molar-refractivity contribution in [3.05, 3.63) is 100 Å². The number of hydrogen-bond donors (Lipinski definition) is 2. The number of carboxylic acids is 1. The number of nitrogens with zero attached hydrogens (tertiary/aromatic N) is 1. The summed E-state index contributed by atoms with van der Waals surface area (Å²) in [7, 11) is 0. The summed E-state index contributed by atoms with van der Waals surface area (Å²) in [4.78, 5) is 25.9. The van der Waals surface area contributed by atoms with E-state index in [-0.39, 0.29) is 18.0 Å². The molecule has 1 aliphatic heterocycles. The van der Waals surface area contributed by atoms with Crippen molar-refractivity contribution in [1.29, 1.82) is 0 Å². The van der Waals surface area contributed by atoms with E-state index in [1.54, 1.807) is 18.2 Å². The molecule has 0 aliphatic carbocycles. The Kier molecular flexibility index (Phi) is 6.09. The monoisotopic (exact) mass is 454 g/mol. The van der Waals surface area contributed by atoms with E-state index < -0.39 is 17.7 Å². The van der Waals surface area contributed by atoms with Crippen LogP contribution >= 0.6 is 0 Å². The van der Waals surface area contributed by atoms with E-state index in [0.29, 0.717) is 18.7 Å². The quantitative estimate of drug-likeness (QED) is 0.556. The van der Waals surface area contributed by atoms with Crippen LogP contribution in [0.4, 0.5) is 18.9 Å². The number of amides is 1. The second-order valence-corrected chi connectivity index (χ2v) is 7.86. The molecule has 0 atom stereocenters. The molecule has 0 saturated carbocycles. The summed E-state index contributed by atoms with van der Waals surface area (Å²) < 4.78 is 38.5. The smallest absolute Gasteiger partial charge is 0.416 e. The Bertz CT molecular complexity index is 1170. The predicted molar refractivity (Wildman–Crippen MR) is 117 cm³/mol. The van der Waals surface area contributed by atoms with Crippen molar-refractivity contribution in [3.63, 3.8) is 0 Å². The van der Waals surface area contributed by atoms with Gasteiger partial charge in [0.2, 0.25) is 0 Å². The fraction of sp³-hybridized carbons (Fsp3) is 0.200. The lowest BCUT2D eigenvalue weighted by atomic mass is 10.1. The number of hydrogen-bond acceptors (Lipinski definition) is 3. The van der Waals surface area contributed by atoms with Crippen molar-refractivity contribution in [3.8, 4) is 0 Å². The number of carbonyl (C=O) groups is 2. The summed E-state index contributed by atoms with van der Waals surface area (Å²) in [5.41, 5.74) is 3.28. The molecule has 0 bridgehead atoms. The largest absolute Gasteiger partial charge is 0.478 e. The highest BCUT2D eigenvalue weighted by Gasteiger charge is 2.30. The Labute approximate surface area is 188 Å². The maximum atomic E-state index is 12.9. The third kappa shape index (κ3) is 5.00. The number of benzene rings is 3. The third-order valence-electron chi connectivity index (χ3n) is 5.64. The van der Waals surface area contributed by atoms with Crippen molar-refractivity contribution in [2.24, 2.45) is 0 Å². The van der Waals surface area contributed by atoms with Gasteiger partial charge in [-0.15, -0.1) is 0 Å². The minimum absolute atomic E-state index is 0.171. The number of carbonyl (C=O) groups excluding carboxylic acids is 1. The molecule has 1 aliphatic rings. The SMILES string of the molecule is O=C(O)c1ccc(CNC(=O)c2cccc3c2N(Cc2ccc(C(F)(F)F)cc2)CC3)cc1. The number of alkyl halides is 3. The van der Waals surface area contributed by atoms with Crippen molar-refractivity contribution in [2.45, 2.75) is 25.7 Å². The molecular weight excluding hydrogens is 433 g/mol. The Hall–Kier alpha value is -3.81. The Morgan fingerprint density at radius 2 is 1.61 bits per heavy atom. The minimum Gasteiger partial charge on any atom is -0.478 e. The summed E-state index contributed by atoms with van der Waals surface area (Å²) in [6.45, 7) is 1.30. The van der Waals surface area contributed by atoms with Crippen LogP contribution in [0.25, 0.3) is 0 Å². The van der Waals surface area contributed by atoms with Crippen LogP contribution in [0.15, 0.2) is 66.7 Å². The normalized spacial score (nSPS) is 13.0. The average Bonchev–Trinajstić information content (AvgIpc) is 3.20. The van der Waals surface area contributed by atoms with E-state index in [1.165, 1.54) is 24.3 Å². The average molecular weight is 454 g/mol. The molecule has 0 fully saturated rings. The topological polar surface area (TPSA) is 69.6 Å². The molecule has 0 saturated heterocycles. The molecule has 2 N–H and O–H groups in total. The van der Waals surface area contributed by atoms with Gasteiger partial charge in [0.1, 0.15) is 0 Å². The first-order valence-electron chi connectivity index (χ1n) is 10.4. The number of carboxylic acid groups (broad SMARTS) is 1. The Balaban J connectivity index is 1.48. The molecule has 3 aromatic carbocycles. The van der Waals surface area contributed by atoms with Crippen LogP contribution in [0.2, 0.25) is 0 Å². The molecule has 1 heterocycles. The Morgan fingerprint density at radius 3 is 2.24 bits per heavy atom. The summed E-state index contributed by atoms with van der Waals surface area (Å²) in [6, 6.07) is 16.8. The number of anilines is 1. The van der Waals surface area contributed by atoms with E-state index in [0.717, 1.165) is 40.9 Å². The summed E-state index contributed by atoms with van der Waals surface area (Å²) in [5, 5.41) is 11.9. The van der Waals surface area contributed by atoms with Gasteiger partial charge in [0.15, 0.2) is 0 Å². The molecule has 33 heavy (non-hydrogen) atoms. The van der Waals surface area contributed by atoms with Gasteiger partial charge < -0.3 is 15.3 Å². The molecule has 0 aromatic heterocycles. The van der Waals surface area contributed by atoms with Crippen LogP contribution in [-0.4, -0.2) is 23.5 Å². The van der Waals surface area contributed by atoms with Gasteiger partial charge in [-0.25, -0.2) is 4.79 Å². The number of aromatic carboxylic acids is 1. The van der Waals surface area contributed by atoms with Crippen molar-refractivity contribution >= 4 is 17.6 Å². The zero-order valence-electron chi connectivity index (χ0n) is 17.5. The van der Waals surface area contributed by atoms with E-state index in [4.69, 9.17) is 5.11 Å². The molecule has 3 aromatic rings. The van der Waals surface area contributed by atoms with Gasteiger partial charge in [0.05, 0.1) is 22.4 Å². The third-order valence-corrected chi connectivity index (χ3v) is 5.64. The van der Waals surface area contributed by atoms with E-state index in [2.05, 4.69) is 5.32 Å². The highest BCUT2D eigenvalue weighted by molar-refractivity contribution is 6.01. The molecule has 4 rings (SSSR count). The maximum absolute atomic E-state index is 12.9. The number of para-hydroxylation sites is 1. The molecule has 0 unspecified atom stereocenters. The van der Waals surface area contributed by atoms with Gasteiger partial charge in [0, 0.05) is 19.6 Å². The zero-order chi connectivity index (χ0) is 23.6. The van der Waals surface area contributed by atoms with Crippen LogP contribution in [0.1, 0.15) is 43.0 Å². The first kappa shape index (κ1) is 22.4. The van der Waals surface area contributed by atoms with E-state index >= 15 is 0 Å². The molecule has 0 radical (unpaired) electrons. The van der Waals surface area contributed by atoms with Crippen LogP contribution in [0, 0.1) is 0 Å². The lowest BCUT2D eigenvalue weighted by Gasteiger charge is -2.22. The van der Waals surface area contributed by atoms with E-state index in [9.17, 15) is 22.8 Å². The summed E-state index contributed by atoms with van der Waals surface area (Å²) in [6.07, 6.45) is -3.63. The van der Waals surface area contributed by atoms with Gasteiger partial charge >= 0.3 is 12.1 Å². The van der Waals surface area contributed by atoms with Gasteiger partial charge in [0.25, 0.3) is 5.91 Å². The summed E-state index contributed by atoms with van der Waals surface area (Å²) in [5.74, 6) is -1.29. The first-order valence-corrected chi connectivity index (χ1v) is 10.4. The maximum Gasteiger partial charge on any atom is 0.416 e. The first-order chi connectivity index (χ1) is 15.7. The standard InChI is InChI=1S/C25H21F3N2O3/c26-25(27,28)20-10-6-17(7-11-20)15-30-13-12-18-2-1-3-21(22(18)30)23(31)29-14-16-4-8-19(9-5-16)24(32)33/h1-11H,12-15H2,(H,29,31)(H,32,33). The minimum atomic E-state index is -4.38. The highest BCUT2D eigenvalue weighted by atomic mass is 19.4. The number of nitrogens with one attached hydrogen (secondary N) is 1. The van der Waals surface area contributed by atoms with Crippen LogP contribution < -0.4 is 10.2 Å². The molecular formula is C25H21F3N2O3. The van der Waals surface area contributed by atoms with Gasteiger partial charge in [-0.3, -0.25) is 4.79 Å². The number of rotatable bonds is 6. The molecule has 170 valence electrons.